The summed E-state index contributed by atoms with van der Waals surface area (Å²) in [5.41, 5.74) is 5.15. The summed E-state index contributed by atoms with van der Waals surface area (Å²) in [5, 5.41) is 10.0. The highest BCUT2D eigenvalue weighted by Gasteiger charge is 2.29. The summed E-state index contributed by atoms with van der Waals surface area (Å²) in [6.45, 7) is 5.69. The molecule has 0 bridgehead atoms. The largest absolute Gasteiger partial charge is 0.463 e. The first kappa shape index (κ1) is 27.4. The lowest BCUT2D eigenvalue weighted by molar-refractivity contribution is -0.153. The molecule has 0 rings (SSSR count). The zero-order chi connectivity index (χ0) is 21.3. The fourth-order valence-electron chi connectivity index (χ4n) is 2.83. The highest BCUT2D eigenvalue weighted by atomic mass is 35.5. The van der Waals surface area contributed by atoms with E-state index in [1.165, 1.54) is 64.2 Å². The molecule has 0 radical (unpaired) electrons. The average molecular weight is 418 g/mol. The van der Waals surface area contributed by atoms with Gasteiger partial charge in [0.05, 0.1) is 17.6 Å². The number of carbonyl (C=O) groups is 1. The van der Waals surface area contributed by atoms with E-state index in [9.17, 15) is 9.90 Å². The summed E-state index contributed by atoms with van der Waals surface area (Å²) in [4.78, 5) is 11.8. The molecule has 0 aliphatic heterocycles. The van der Waals surface area contributed by atoms with Gasteiger partial charge < -0.3 is 15.6 Å². The molecule has 0 saturated heterocycles. The summed E-state index contributed by atoms with van der Waals surface area (Å²) >= 11 is 5.74. The van der Waals surface area contributed by atoms with E-state index in [4.69, 9.17) is 22.1 Å². The van der Waals surface area contributed by atoms with Gasteiger partial charge in [0.25, 0.3) is 0 Å². The Bertz CT molecular complexity index is 413. The van der Waals surface area contributed by atoms with Gasteiger partial charge in [0.15, 0.2) is 0 Å². The molecule has 0 saturated carbocycles. The minimum absolute atomic E-state index is 0.0108. The van der Waals surface area contributed by atoms with Crippen LogP contribution in [0, 0.1) is 5.41 Å². The Kier molecular flexibility index (Phi) is 16.9. The number of allylic oxidation sites excluding steroid dienone is 1. The summed E-state index contributed by atoms with van der Waals surface area (Å²) < 4.78 is 5.16. The number of aliphatic hydroxyl groups is 1. The lowest BCUT2D eigenvalue weighted by atomic mass is 9.97. The van der Waals surface area contributed by atoms with Crippen molar-refractivity contribution in [2.24, 2.45) is 11.1 Å². The molecule has 0 aromatic carbocycles. The van der Waals surface area contributed by atoms with Crippen LogP contribution in [-0.2, 0) is 9.53 Å². The number of unbranched alkanes of at least 4 members (excludes halogenated alkanes) is 11. The number of hydrogen-bond acceptors (Lipinski definition) is 4. The standard InChI is InChI=1S/C23H44ClNO3/c1-4-5-6-7-8-9-10-11-12-13-14-15-16-17-21(26)20(25)18-28-22(27)23(2,3)19-24/h16-17,20-21,26H,4-15,18-19,25H2,1-3H3. The second-order valence-electron chi connectivity index (χ2n) is 8.52. The molecule has 4 nitrogen and oxygen atoms in total. The fraction of sp³-hybridized carbons (Fsp3) is 0.870. The van der Waals surface area contributed by atoms with Crippen molar-refractivity contribution < 1.29 is 14.6 Å². The van der Waals surface area contributed by atoms with E-state index in [1.807, 2.05) is 6.08 Å². The first-order chi connectivity index (χ1) is 13.3. The lowest BCUT2D eigenvalue weighted by Gasteiger charge is -2.22. The Morgan fingerprint density at radius 2 is 1.54 bits per heavy atom. The maximum atomic E-state index is 11.8. The summed E-state index contributed by atoms with van der Waals surface area (Å²) in [6, 6.07) is -0.622. The van der Waals surface area contributed by atoms with E-state index in [0.29, 0.717) is 0 Å². The van der Waals surface area contributed by atoms with E-state index < -0.39 is 23.5 Å². The monoisotopic (exact) mass is 417 g/mol. The zero-order valence-electron chi connectivity index (χ0n) is 18.4. The Morgan fingerprint density at radius 1 is 1.04 bits per heavy atom. The van der Waals surface area contributed by atoms with Crippen LogP contribution in [-0.4, -0.2) is 35.7 Å². The third-order valence-electron chi connectivity index (χ3n) is 5.04. The molecule has 0 amide bonds. The Labute approximate surface area is 178 Å². The van der Waals surface area contributed by atoms with Gasteiger partial charge in [-0.15, -0.1) is 11.6 Å². The van der Waals surface area contributed by atoms with Crippen LogP contribution in [0.2, 0.25) is 0 Å². The average Bonchev–Trinajstić information content (AvgIpc) is 2.68. The smallest absolute Gasteiger partial charge is 0.312 e. The van der Waals surface area contributed by atoms with E-state index in [0.717, 1.165) is 12.8 Å². The number of aliphatic hydroxyl groups excluding tert-OH is 1. The van der Waals surface area contributed by atoms with Crippen LogP contribution in [0.1, 0.15) is 97.8 Å². The Hall–Kier alpha value is -0.580. The van der Waals surface area contributed by atoms with Gasteiger partial charge in [-0.3, -0.25) is 4.79 Å². The Balaban J connectivity index is 3.64. The molecule has 0 aliphatic carbocycles. The summed E-state index contributed by atoms with van der Waals surface area (Å²) in [5.74, 6) is -0.210. The maximum Gasteiger partial charge on any atom is 0.312 e. The maximum absolute atomic E-state index is 11.8. The van der Waals surface area contributed by atoms with Crippen molar-refractivity contribution in [3.05, 3.63) is 12.2 Å². The van der Waals surface area contributed by atoms with Crippen molar-refractivity contribution in [1.82, 2.24) is 0 Å². The van der Waals surface area contributed by atoms with Crippen molar-refractivity contribution in [2.75, 3.05) is 12.5 Å². The molecule has 28 heavy (non-hydrogen) atoms. The third-order valence-corrected chi connectivity index (χ3v) is 5.71. The van der Waals surface area contributed by atoms with E-state index in [2.05, 4.69) is 6.92 Å². The van der Waals surface area contributed by atoms with Crippen LogP contribution in [0.25, 0.3) is 0 Å². The molecule has 3 N–H and O–H groups in total. The zero-order valence-corrected chi connectivity index (χ0v) is 19.2. The van der Waals surface area contributed by atoms with Gasteiger partial charge in [0.1, 0.15) is 6.61 Å². The number of alkyl halides is 1. The van der Waals surface area contributed by atoms with Crippen LogP contribution < -0.4 is 5.73 Å². The number of esters is 1. The highest BCUT2D eigenvalue weighted by Crippen LogP contribution is 2.19. The summed E-state index contributed by atoms with van der Waals surface area (Å²) in [7, 11) is 0. The second kappa shape index (κ2) is 17.3. The van der Waals surface area contributed by atoms with Crippen LogP contribution in [0.5, 0.6) is 0 Å². The predicted molar refractivity (Wildman–Crippen MR) is 120 cm³/mol. The van der Waals surface area contributed by atoms with Gasteiger partial charge in [-0.05, 0) is 26.7 Å². The fourth-order valence-corrected chi connectivity index (χ4v) is 2.93. The molecule has 0 aromatic heterocycles. The topological polar surface area (TPSA) is 72.6 Å². The molecular formula is C23H44ClNO3. The van der Waals surface area contributed by atoms with Gasteiger partial charge in [0.2, 0.25) is 0 Å². The van der Waals surface area contributed by atoms with Gasteiger partial charge >= 0.3 is 5.97 Å². The number of hydrogen-bond donors (Lipinski definition) is 2. The molecule has 5 heteroatoms. The summed E-state index contributed by atoms with van der Waals surface area (Å²) in [6.07, 6.45) is 18.4. The quantitative estimate of drug-likeness (QED) is 0.129. The second-order valence-corrected chi connectivity index (χ2v) is 8.79. The molecule has 166 valence electrons. The number of carbonyl (C=O) groups excluding carboxylic acids is 1. The Morgan fingerprint density at radius 3 is 2.04 bits per heavy atom. The van der Waals surface area contributed by atoms with Crippen LogP contribution in [0.4, 0.5) is 0 Å². The van der Waals surface area contributed by atoms with Crippen LogP contribution in [0.3, 0.4) is 0 Å². The molecule has 0 fully saturated rings. The normalized spacial score (nSPS) is 14.4. The number of nitrogens with two attached hydrogens (primary N) is 1. The van der Waals surface area contributed by atoms with Crippen molar-refractivity contribution in [1.29, 1.82) is 0 Å². The molecule has 0 aromatic rings. The first-order valence-corrected chi connectivity index (χ1v) is 11.7. The van der Waals surface area contributed by atoms with Crippen molar-refractivity contribution in [2.45, 2.75) is 110 Å². The molecule has 0 aliphatic rings. The third kappa shape index (κ3) is 14.4. The van der Waals surface area contributed by atoms with E-state index in [-0.39, 0.29) is 12.5 Å². The van der Waals surface area contributed by atoms with Gasteiger partial charge in [0, 0.05) is 5.88 Å². The first-order valence-electron chi connectivity index (χ1n) is 11.2. The van der Waals surface area contributed by atoms with E-state index in [1.54, 1.807) is 19.9 Å². The SMILES string of the molecule is CCCCCCCCCCCCCC=CC(O)C(N)COC(=O)C(C)(C)CCl. The van der Waals surface area contributed by atoms with Crippen molar-refractivity contribution in [3.63, 3.8) is 0 Å². The lowest BCUT2D eigenvalue weighted by Crippen LogP contribution is -2.40. The number of rotatable bonds is 18. The van der Waals surface area contributed by atoms with Crippen molar-refractivity contribution >= 4 is 17.6 Å². The number of halogens is 1. The molecular weight excluding hydrogens is 374 g/mol. The van der Waals surface area contributed by atoms with Crippen molar-refractivity contribution in [3.8, 4) is 0 Å². The molecule has 2 unspecified atom stereocenters. The number of ether oxygens (including phenoxy) is 1. The predicted octanol–water partition coefficient (Wildman–Crippen LogP) is 5.74. The molecule has 0 heterocycles. The molecule has 0 spiro atoms. The van der Waals surface area contributed by atoms with Crippen LogP contribution >= 0.6 is 11.6 Å². The minimum Gasteiger partial charge on any atom is -0.463 e. The van der Waals surface area contributed by atoms with Crippen LogP contribution in [0.15, 0.2) is 12.2 Å². The molecule has 2 atom stereocenters. The van der Waals surface area contributed by atoms with E-state index >= 15 is 0 Å². The van der Waals surface area contributed by atoms with Gasteiger partial charge in [-0.25, -0.2) is 0 Å². The minimum atomic E-state index is -0.806. The van der Waals surface area contributed by atoms with Gasteiger partial charge in [-0.1, -0.05) is 83.3 Å². The highest BCUT2D eigenvalue weighted by molar-refractivity contribution is 6.19. The van der Waals surface area contributed by atoms with Gasteiger partial charge in [-0.2, -0.15) is 0 Å².